The van der Waals surface area contributed by atoms with Crippen molar-refractivity contribution in [2.24, 2.45) is 22.6 Å². The Morgan fingerprint density at radius 1 is 1.09 bits per heavy atom. The summed E-state index contributed by atoms with van der Waals surface area (Å²) in [5, 5.41) is 9.42. The molecule has 0 aromatic heterocycles. The largest absolute Gasteiger partial charge is 0.481 e. The number of aliphatic carboxylic acids is 1. The number of hydrogen-bond acceptors (Lipinski definition) is 5. The maximum atomic E-state index is 13.3. The molecular weight excluding hydrogens is 442 g/mol. The number of sulfonamides is 1. The Labute approximate surface area is 193 Å². The van der Waals surface area contributed by atoms with Crippen LogP contribution in [0.2, 0.25) is 0 Å². The van der Waals surface area contributed by atoms with Crippen molar-refractivity contribution < 1.29 is 23.1 Å². The van der Waals surface area contributed by atoms with Gasteiger partial charge in [0.25, 0.3) is 0 Å². The number of amides is 1. The van der Waals surface area contributed by atoms with E-state index in [0.717, 1.165) is 17.7 Å². The van der Waals surface area contributed by atoms with Gasteiger partial charge in [-0.05, 0) is 66.5 Å². The van der Waals surface area contributed by atoms with Crippen LogP contribution in [-0.2, 0) is 21.2 Å². The molecule has 33 heavy (non-hydrogen) atoms. The Morgan fingerprint density at radius 2 is 1.82 bits per heavy atom. The maximum Gasteiger partial charge on any atom is 0.303 e. The number of carbonyl (C=O) groups excluding carboxylic acids is 1. The first kappa shape index (κ1) is 23.1. The van der Waals surface area contributed by atoms with Gasteiger partial charge in [0.2, 0.25) is 15.9 Å². The SMILES string of the molecule is NC(=O)c1ccc(S(=O)(=O)N2CC[C@@H](CC(=O)O)[C@@H](CC3=NCCc4ccccc43)C2)cc1. The molecule has 3 N–H and O–H groups in total. The molecule has 9 heteroatoms. The van der Waals surface area contributed by atoms with E-state index < -0.39 is 21.9 Å². The lowest BCUT2D eigenvalue weighted by Gasteiger charge is -2.38. The summed E-state index contributed by atoms with van der Waals surface area (Å²) in [5.74, 6) is -1.81. The molecule has 8 nitrogen and oxygen atoms in total. The summed E-state index contributed by atoms with van der Waals surface area (Å²) < 4.78 is 28.0. The molecule has 0 spiro atoms. The van der Waals surface area contributed by atoms with Crippen LogP contribution in [0.25, 0.3) is 0 Å². The maximum absolute atomic E-state index is 13.3. The highest BCUT2D eigenvalue weighted by atomic mass is 32.2. The van der Waals surface area contributed by atoms with Crippen LogP contribution < -0.4 is 5.73 Å². The Hall–Kier alpha value is -3.04. The van der Waals surface area contributed by atoms with Gasteiger partial charge in [-0.25, -0.2) is 8.42 Å². The summed E-state index contributed by atoms with van der Waals surface area (Å²) in [6, 6.07) is 13.6. The van der Waals surface area contributed by atoms with Crippen molar-refractivity contribution in [1.82, 2.24) is 4.31 Å². The van der Waals surface area contributed by atoms with E-state index in [1.54, 1.807) is 0 Å². The van der Waals surface area contributed by atoms with E-state index in [9.17, 15) is 23.1 Å². The molecule has 4 rings (SSSR count). The molecule has 2 aromatic rings. The normalized spacial score (nSPS) is 21.2. The molecule has 0 bridgehead atoms. The van der Waals surface area contributed by atoms with Crippen molar-refractivity contribution in [2.45, 2.75) is 30.6 Å². The van der Waals surface area contributed by atoms with Crippen molar-refractivity contribution in [3.8, 4) is 0 Å². The fourth-order valence-corrected chi connectivity index (χ4v) is 6.28. The smallest absolute Gasteiger partial charge is 0.303 e. The number of nitrogens with two attached hydrogens (primary N) is 1. The molecule has 0 saturated carbocycles. The van der Waals surface area contributed by atoms with Crippen molar-refractivity contribution in [3.63, 3.8) is 0 Å². The number of benzene rings is 2. The number of nitrogens with zero attached hydrogens (tertiary/aromatic N) is 2. The fraction of sp³-hybridized carbons (Fsp3) is 0.375. The summed E-state index contributed by atoms with van der Waals surface area (Å²) in [6.07, 6.45) is 1.86. The van der Waals surface area contributed by atoms with Crippen LogP contribution in [-0.4, -0.2) is 55.1 Å². The third kappa shape index (κ3) is 4.99. The minimum absolute atomic E-state index is 0.000783. The van der Waals surface area contributed by atoms with Gasteiger partial charge < -0.3 is 10.8 Å². The zero-order valence-electron chi connectivity index (χ0n) is 18.2. The molecule has 1 amide bonds. The van der Waals surface area contributed by atoms with Crippen LogP contribution >= 0.6 is 0 Å². The average Bonchev–Trinajstić information content (AvgIpc) is 2.80. The minimum atomic E-state index is -3.80. The monoisotopic (exact) mass is 469 g/mol. The molecule has 2 aliphatic heterocycles. The van der Waals surface area contributed by atoms with E-state index in [-0.39, 0.29) is 41.8 Å². The van der Waals surface area contributed by atoms with E-state index in [1.165, 1.54) is 34.1 Å². The van der Waals surface area contributed by atoms with Gasteiger partial charge in [0.15, 0.2) is 0 Å². The Morgan fingerprint density at radius 3 is 2.52 bits per heavy atom. The van der Waals surface area contributed by atoms with Gasteiger partial charge in [0, 0.05) is 37.3 Å². The standard InChI is InChI=1S/C24H27N3O5S/c25-24(30)17-5-7-20(8-6-17)33(31,32)27-12-10-18(14-23(28)29)19(15-27)13-22-21-4-2-1-3-16(21)9-11-26-22/h1-8,18-19H,9-15H2,(H2,25,30)(H,28,29)/t18-,19-/m0/s1. The summed E-state index contributed by atoms with van der Waals surface area (Å²) in [6.45, 7) is 1.15. The van der Waals surface area contributed by atoms with Crippen LogP contribution in [0.3, 0.4) is 0 Å². The fourth-order valence-electron chi connectivity index (χ4n) is 4.77. The molecule has 0 unspecified atom stereocenters. The lowest BCUT2D eigenvalue weighted by atomic mass is 9.79. The molecule has 174 valence electrons. The molecule has 0 aliphatic carbocycles. The average molecular weight is 470 g/mol. The molecule has 1 saturated heterocycles. The first-order chi connectivity index (χ1) is 15.8. The van der Waals surface area contributed by atoms with Gasteiger partial charge in [-0.2, -0.15) is 4.31 Å². The molecule has 1 fully saturated rings. The number of carbonyl (C=O) groups is 2. The number of piperidine rings is 1. The molecule has 2 aromatic carbocycles. The van der Waals surface area contributed by atoms with Gasteiger partial charge in [0.1, 0.15) is 0 Å². The van der Waals surface area contributed by atoms with Crippen molar-refractivity contribution in [2.75, 3.05) is 19.6 Å². The first-order valence-corrected chi connectivity index (χ1v) is 12.4. The molecule has 0 radical (unpaired) electrons. The van der Waals surface area contributed by atoms with Crippen LogP contribution in [0.1, 0.15) is 40.7 Å². The van der Waals surface area contributed by atoms with E-state index in [4.69, 9.17) is 10.7 Å². The number of carboxylic acids is 1. The number of hydrogen-bond donors (Lipinski definition) is 2. The third-order valence-corrected chi connectivity index (χ3v) is 8.41. The van der Waals surface area contributed by atoms with Crippen molar-refractivity contribution in [3.05, 3.63) is 65.2 Å². The van der Waals surface area contributed by atoms with Gasteiger partial charge in [-0.3, -0.25) is 14.6 Å². The Kier molecular flexibility index (Phi) is 6.62. The quantitative estimate of drug-likeness (QED) is 0.643. The highest BCUT2D eigenvalue weighted by molar-refractivity contribution is 7.89. The molecule has 2 heterocycles. The second-order valence-corrected chi connectivity index (χ2v) is 10.5. The topological polar surface area (TPSA) is 130 Å². The lowest BCUT2D eigenvalue weighted by Crippen LogP contribution is -2.45. The predicted molar refractivity (Wildman–Crippen MR) is 124 cm³/mol. The number of rotatable bonds is 7. The summed E-state index contributed by atoms with van der Waals surface area (Å²) in [7, 11) is -3.80. The van der Waals surface area contributed by atoms with E-state index in [1.807, 2.05) is 18.2 Å². The predicted octanol–water partition coefficient (Wildman–Crippen LogP) is 2.32. The van der Waals surface area contributed by atoms with Crippen molar-refractivity contribution in [1.29, 1.82) is 0 Å². The van der Waals surface area contributed by atoms with E-state index >= 15 is 0 Å². The van der Waals surface area contributed by atoms with Crippen LogP contribution in [0.5, 0.6) is 0 Å². The minimum Gasteiger partial charge on any atom is -0.481 e. The highest BCUT2D eigenvalue weighted by Gasteiger charge is 2.37. The Bertz CT molecular complexity index is 1190. The van der Waals surface area contributed by atoms with Crippen LogP contribution in [0.4, 0.5) is 0 Å². The number of carboxylic acid groups (broad SMARTS) is 1. The second kappa shape index (κ2) is 9.44. The van der Waals surface area contributed by atoms with E-state index in [0.29, 0.717) is 19.4 Å². The summed E-state index contributed by atoms with van der Waals surface area (Å²) in [5.41, 5.74) is 8.69. The third-order valence-electron chi connectivity index (χ3n) is 6.54. The molecule has 2 atom stereocenters. The second-order valence-electron chi connectivity index (χ2n) is 8.60. The van der Waals surface area contributed by atoms with Gasteiger partial charge in [0.05, 0.1) is 4.90 Å². The molecular formula is C24H27N3O5S. The van der Waals surface area contributed by atoms with Crippen molar-refractivity contribution >= 4 is 27.6 Å². The summed E-state index contributed by atoms with van der Waals surface area (Å²) in [4.78, 5) is 27.6. The van der Waals surface area contributed by atoms with E-state index in [2.05, 4.69) is 6.07 Å². The first-order valence-electron chi connectivity index (χ1n) is 11.0. The van der Waals surface area contributed by atoms with Gasteiger partial charge in [-0.15, -0.1) is 0 Å². The lowest BCUT2D eigenvalue weighted by molar-refractivity contribution is -0.138. The number of primary amides is 1. The van der Waals surface area contributed by atoms with Crippen LogP contribution in [0, 0.1) is 11.8 Å². The summed E-state index contributed by atoms with van der Waals surface area (Å²) >= 11 is 0. The van der Waals surface area contributed by atoms with Crippen LogP contribution in [0.15, 0.2) is 58.4 Å². The zero-order valence-corrected chi connectivity index (χ0v) is 19.0. The van der Waals surface area contributed by atoms with Gasteiger partial charge in [-0.1, -0.05) is 24.3 Å². The number of aliphatic imine (C=N–C) groups is 1. The number of fused-ring (bicyclic) bond motifs is 1. The zero-order chi connectivity index (χ0) is 23.6. The highest BCUT2D eigenvalue weighted by Crippen LogP contribution is 2.34. The molecule has 2 aliphatic rings. The van der Waals surface area contributed by atoms with Gasteiger partial charge >= 0.3 is 5.97 Å². The Balaban J connectivity index is 1.58.